The second kappa shape index (κ2) is 56.5. The number of hydrogen-bond donors (Lipinski definition) is 0. The van der Waals surface area contributed by atoms with E-state index >= 15 is 0 Å². The molecule has 0 heterocycles. The summed E-state index contributed by atoms with van der Waals surface area (Å²) in [5.74, 6) is -0.865. The lowest BCUT2D eigenvalue weighted by Gasteiger charge is -2.18. The largest absolute Gasteiger partial charge is 0.462 e. The number of hydrogen-bond acceptors (Lipinski definition) is 6. The van der Waals surface area contributed by atoms with E-state index in [0.717, 1.165) is 64.2 Å². The zero-order chi connectivity index (χ0) is 48.6. The van der Waals surface area contributed by atoms with Gasteiger partial charge in [0, 0.05) is 19.3 Å². The Bertz CT molecular complexity index is 1080. The molecule has 394 valence electrons. The summed E-state index contributed by atoms with van der Waals surface area (Å²) in [6, 6.07) is 0. The number of allylic oxidation sites excluding steroid dienone is 4. The SMILES string of the molecule is CCCC/C=C\CCCCCCCC(=O)OC[C@@H](COC(=O)CCCCCCCCC/C=C\CCCCCCCC)OC(=O)CCCCCCCCCCCCCCCCCCCCCCC. The molecule has 6 heteroatoms. The fourth-order valence-corrected chi connectivity index (χ4v) is 8.89. The maximum atomic E-state index is 12.9. The van der Waals surface area contributed by atoms with Gasteiger partial charge in [-0.2, -0.15) is 0 Å². The van der Waals surface area contributed by atoms with Crippen LogP contribution in [0.4, 0.5) is 0 Å². The van der Waals surface area contributed by atoms with Crippen LogP contribution < -0.4 is 0 Å². The first-order chi connectivity index (χ1) is 33.0. The molecule has 0 aromatic rings. The Kier molecular flexibility index (Phi) is 54.7. The van der Waals surface area contributed by atoms with Gasteiger partial charge in [0.05, 0.1) is 0 Å². The van der Waals surface area contributed by atoms with Gasteiger partial charge in [-0.25, -0.2) is 0 Å². The fourth-order valence-electron chi connectivity index (χ4n) is 8.89. The van der Waals surface area contributed by atoms with Crippen LogP contribution in [0.1, 0.15) is 329 Å². The molecule has 0 spiro atoms. The van der Waals surface area contributed by atoms with E-state index in [1.165, 1.54) is 225 Å². The summed E-state index contributed by atoms with van der Waals surface area (Å²) in [6.45, 7) is 6.64. The first-order valence-electron chi connectivity index (χ1n) is 29.8. The van der Waals surface area contributed by atoms with Crippen molar-refractivity contribution in [2.45, 2.75) is 335 Å². The lowest BCUT2D eigenvalue weighted by Crippen LogP contribution is -2.30. The predicted octanol–water partition coefficient (Wildman–Crippen LogP) is 19.9. The van der Waals surface area contributed by atoms with E-state index in [0.29, 0.717) is 19.3 Å². The smallest absolute Gasteiger partial charge is 0.306 e. The number of esters is 3. The van der Waals surface area contributed by atoms with Crippen LogP contribution in [0.5, 0.6) is 0 Å². The van der Waals surface area contributed by atoms with E-state index < -0.39 is 6.10 Å². The van der Waals surface area contributed by atoms with Crippen LogP contribution in [0.2, 0.25) is 0 Å². The van der Waals surface area contributed by atoms with E-state index in [2.05, 4.69) is 45.1 Å². The van der Waals surface area contributed by atoms with Gasteiger partial charge in [0.1, 0.15) is 13.2 Å². The minimum atomic E-state index is -0.772. The van der Waals surface area contributed by atoms with Crippen LogP contribution >= 0.6 is 0 Å². The molecule has 0 N–H and O–H groups in total. The van der Waals surface area contributed by atoms with Gasteiger partial charge in [-0.15, -0.1) is 0 Å². The molecule has 0 unspecified atom stereocenters. The average molecular weight is 944 g/mol. The quantitative estimate of drug-likeness (QED) is 0.0262. The maximum Gasteiger partial charge on any atom is 0.306 e. The number of carbonyl (C=O) groups excluding carboxylic acids is 3. The molecule has 0 radical (unpaired) electrons. The number of unbranched alkanes of at least 4 members (excludes halogenated alkanes) is 40. The molecule has 0 aromatic carbocycles. The molecule has 1 atom stereocenters. The highest BCUT2D eigenvalue weighted by atomic mass is 16.6. The predicted molar refractivity (Wildman–Crippen MR) is 289 cm³/mol. The monoisotopic (exact) mass is 943 g/mol. The highest BCUT2D eigenvalue weighted by molar-refractivity contribution is 5.71. The highest BCUT2D eigenvalue weighted by Gasteiger charge is 2.19. The number of carbonyl (C=O) groups is 3. The Balaban J connectivity index is 4.26. The second-order valence-electron chi connectivity index (χ2n) is 20.3. The third-order valence-electron chi connectivity index (χ3n) is 13.4. The first kappa shape index (κ1) is 64.9. The molecule has 0 aliphatic rings. The third-order valence-corrected chi connectivity index (χ3v) is 13.4. The summed E-state index contributed by atoms with van der Waals surface area (Å²) in [4.78, 5) is 38.1. The molecular formula is C61H114O6. The van der Waals surface area contributed by atoms with E-state index in [1.54, 1.807) is 0 Å². The summed E-state index contributed by atoms with van der Waals surface area (Å²) >= 11 is 0. The van der Waals surface area contributed by atoms with Crippen molar-refractivity contribution >= 4 is 17.9 Å². The van der Waals surface area contributed by atoms with Crippen molar-refractivity contribution in [3.05, 3.63) is 24.3 Å². The maximum absolute atomic E-state index is 12.9. The van der Waals surface area contributed by atoms with Gasteiger partial charge in [-0.3, -0.25) is 14.4 Å². The molecule has 0 aromatic heterocycles. The van der Waals surface area contributed by atoms with Gasteiger partial charge in [-0.1, -0.05) is 270 Å². The van der Waals surface area contributed by atoms with Gasteiger partial charge in [0.25, 0.3) is 0 Å². The van der Waals surface area contributed by atoms with Crippen molar-refractivity contribution < 1.29 is 28.6 Å². The van der Waals surface area contributed by atoms with Crippen molar-refractivity contribution in [1.29, 1.82) is 0 Å². The van der Waals surface area contributed by atoms with E-state index in [-0.39, 0.29) is 31.1 Å². The Morgan fingerprint density at radius 2 is 0.507 bits per heavy atom. The van der Waals surface area contributed by atoms with Gasteiger partial charge in [-0.05, 0) is 64.2 Å². The summed E-state index contributed by atoms with van der Waals surface area (Å²) in [5.41, 5.74) is 0. The van der Waals surface area contributed by atoms with Gasteiger partial charge >= 0.3 is 17.9 Å². The third kappa shape index (κ3) is 54.7. The topological polar surface area (TPSA) is 78.9 Å². The van der Waals surface area contributed by atoms with Gasteiger partial charge < -0.3 is 14.2 Å². The fraction of sp³-hybridized carbons (Fsp3) is 0.885. The van der Waals surface area contributed by atoms with Crippen LogP contribution in [0.15, 0.2) is 24.3 Å². The van der Waals surface area contributed by atoms with Crippen molar-refractivity contribution in [3.63, 3.8) is 0 Å². The van der Waals surface area contributed by atoms with Crippen molar-refractivity contribution in [2.75, 3.05) is 13.2 Å². The molecule has 0 aliphatic heterocycles. The molecule has 0 bridgehead atoms. The van der Waals surface area contributed by atoms with E-state index in [1.807, 2.05) is 0 Å². The molecule has 0 saturated heterocycles. The van der Waals surface area contributed by atoms with Crippen LogP contribution in [0.3, 0.4) is 0 Å². The summed E-state index contributed by atoms with van der Waals surface area (Å²) < 4.78 is 16.9. The van der Waals surface area contributed by atoms with E-state index in [4.69, 9.17) is 14.2 Å². The standard InChI is InChI=1S/C61H114O6/c1-4-7-10-13-16-19-22-24-26-28-29-30-31-33-35-37-40-43-46-49-52-55-61(64)67-58(56-65-59(62)53-50-47-44-41-38-21-18-15-12-9-6-3)57-66-60(63)54-51-48-45-42-39-36-34-32-27-25-23-20-17-14-11-8-5-2/h15,18,25,27,58H,4-14,16-17,19-24,26,28-57H2,1-3H3/b18-15-,27-25-/t58-/m0/s1. The Labute approximate surface area is 417 Å². The molecular weight excluding hydrogens is 829 g/mol. The second-order valence-corrected chi connectivity index (χ2v) is 20.3. The molecule has 67 heavy (non-hydrogen) atoms. The number of ether oxygens (including phenoxy) is 3. The van der Waals surface area contributed by atoms with Crippen molar-refractivity contribution in [3.8, 4) is 0 Å². The summed E-state index contributed by atoms with van der Waals surface area (Å²) in [6.07, 6.45) is 66.1. The first-order valence-corrected chi connectivity index (χ1v) is 29.8. The van der Waals surface area contributed by atoms with Gasteiger partial charge in [0.2, 0.25) is 0 Å². The number of rotatable bonds is 55. The normalized spacial score (nSPS) is 12.1. The summed E-state index contributed by atoms with van der Waals surface area (Å²) in [5, 5.41) is 0. The lowest BCUT2D eigenvalue weighted by molar-refractivity contribution is -0.167. The van der Waals surface area contributed by atoms with Crippen LogP contribution in [0.25, 0.3) is 0 Å². The molecule has 0 aliphatic carbocycles. The minimum Gasteiger partial charge on any atom is -0.462 e. The zero-order valence-electron chi connectivity index (χ0n) is 45.2. The van der Waals surface area contributed by atoms with Crippen LogP contribution in [0, 0.1) is 0 Å². The van der Waals surface area contributed by atoms with E-state index in [9.17, 15) is 14.4 Å². The highest BCUT2D eigenvalue weighted by Crippen LogP contribution is 2.17. The summed E-state index contributed by atoms with van der Waals surface area (Å²) in [7, 11) is 0. The Hall–Kier alpha value is -2.11. The molecule has 0 fully saturated rings. The van der Waals surface area contributed by atoms with Crippen LogP contribution in [-0.4, -0.2) is 37.2 Å². The molecule has 0 saturated carbocycles. The lowest BCUT2D eigenvalue weighted by atomic mass is 10.0. The Morgan fingerprint density at radius 3 is 0.791 bits per heavy atom. The molecule has 0 amide bonds. The molecule has 0 rings (SSSR count). The average Bonchev–Trinajstić information content (AvgIpc) is 3.33. The zero-order valence-corrected chi connectivity index (χ0v) is 45.2. The van der Waals surface area contributed by atoms with Crippen molar-refractivity contribution in [1.82, 2.24) is 0 Å². The van der Waals surface area contributed by atoms with Crippen molar-refractivity contribution in [2.24, 2.45) is 0 Å². The molecule has 6 nitrogen and oxygen atoms in total. The van der Waals surface area contributed by atoms with Gasteiger partial charge in [0.15, 0.2) is 6.10 Å². The minimum absolute atomic E-state index is 0.0720. The van der Waals surface area contributed by atoms with Crippen LogP contribution in [-0.2, 0) is 28.6 Å². The Morgan fingerprint density at radius 1 is 0.284 bits per heavy atom.